The van der Waals surface area contributed by atoms with E-state index < -0.39 is 6.04 Å². The molecular weight excluding hydrogens is 192 g/mol. The van der Waals surface area contributed by atoms with Gasteiger partial charge in [0.2, 0.25) is 0 Å². The number of esters is 1. The molecule has 15 heavy (non-hydrogen) atoms. The third kappa shape index (κ3) is 2.69. The quantitative estimate of drug-likeness (QED) is 0.702. The van der Waals surface area contributed by atoms with Crippen LogP contribution in [0.15, 0.2) is 0 Å². The van der Waals surface area contributed by atoms with Crippen molar-refractivity contribution in [3.05, 3.63) is 0 Å². The van der Waals surface area contributed by atoms with E-state index >= 15 is 0 Å². The highest BCUT2D eigenvalue weighted by Gasteiger charge is 2.39. The Kier molecular flexibility index (Phi) is 4.11. The maximum atomic E-state index is 11.6. The fourth-order valence-corrected chi connectivity index (χ4v) is 2.01. The first-order valence-corrected chi connectivity index (χ1v) is 5.67. The summed E-state index contributed by atoms with van der Waals surface area (Å²) in [7, 11) is 0. The number of nitrogens with zero attached hydrogens (tertiary/aromatic N) is 1. The molecule has 1 aliphatic heterocycles. The highest BCUT2D eigenvalue weighted by molar-refractivity contribution is 5.77. The Hall–Kier alpha value is -0.610. The number of ether oxygens (including phenoxy) is 1. The SMILES string of the molecule is CCOC(=O)[C@@H](N)C(C)(C)N1CCCC1. The summed E-state index contributed by atoms with van der Waals surface area (Å²) in [5.74, 6) is -0.297. The largest absolute Gasteiger partial charge is 0.465 e. The molecule has 2 N–H and O–H groups in total. The Morgan fingerprint density at radius 3 is 2.47 bits per heavy atom. The lowest BCUT2D eigenvalue weighted by molar-refractivity contribution is -0.148. The molecule has 4 heteroatoms. The molecular formula is C11H22N2O2. The average molecular weight is 214 g/mol. The number of hydrogen-bond donors (Lipinski definition) is 1. The molecule has 0 unspecified atom stereocenters. The van der Waals surface area contributed by atoms with Gasteiger partial charge in [-0.15, -0.1) is 0 Å². The van der Waals surface area contributed by atoms with Crippen LogP contribution in [0, 0.1) is 0 Å². The first-order chi connectivity index (χ1) is 7.00. The zero-order valence-electron chi connectivity index (χ0n) is 9.95. The van der Waals surface area contributed by atoms with Crippen molar-refractivity contribution in [1.82, 2.24) is 4.90 Å². The second-order valence-corrected chi connectivity index (χ2v) is 4.58. The zero-order chi connectivity index (χ0) is 11.5. The number of nitrogens with two attached hydrogens (primary N) is 1. The second kappa shape index (κ2) is 4.94. The maximum Gasteiger partial charge on any atom is 0.324 e. The fourth-order valence-electron chi connectivity index (χ4n) is 2.01. The molecule has 0 bridgehead atoms. The minimum absolute atomic E-state index is 0.297. The minimum Gasteiger partial charge on any atom is -0.465 e. The summed E-state index contributed by atoms with van der Waals surface area (Å²) < 4.78 is 4.96. The van der Waals surface area contributed by atoms with Gasteiger partial charge in [-0.05, 0) is 46.7 Å². The van der Waals surface area contributed by atoms with Crippen LogP contribution in [0.4, 0.5) is 0 Å². The lowest BCUT2D eigenvalue weighted by Gasteiger charge is -2.38. The number of rotatable bonds is 4. The molecule has 1 heterocycles. The van der Waals surface area contributed by atoms with Gasteiger partial charge >= 0.3 is 5.97 Å². The van der Waals surface area contributed by atoms with Crippen LogP contribution in [-0.2, 0) is 9.53 Å². The van der Waals surface area contributed by atoms with E-state index in [1.165, 1.54) is 12.8 Å². The van der Waals surface area contributed by atoms with Crippen LogP contribution in [-0.4, -0.2) is 42.1 Å². The first-order valence-electron chi connectivity index (χ1n) is 5.67. The predicted octanol–water partition coefficient (Wildman–Crippen LogP) is 0.751. The van der Waals surface area contributed by atoms with E-state index in [-0.39, 0.29) is 11.5 Å². The maximum absolute atomic E-state index is 11.6. The molecule has 1 aliphatic rings. The van der Waals surface area contributed by atoms with Crippen LogP contribution in [0.25, 0.3) is 0 Å². The molecule has 0 aromatic carbocycles. The molecule has 1 saturated heterocycles. The third-order valence-electron chi connectivity index (χ3n) is 3.22. The fraction of sp³-hybridized carbons (Fsp3) is 0.909. The van der Waals surface area contributed by atoms with Crippen molar-refractivity contribution in [3.8, 4) is 0 Å². The molecule has 0 saturated carbocycles. The topological polar surface area (TPSA) is 55.6 Å². The van der Waals surface area contributed by atoms with Crippen molar-refractivity contribution in [3.63, 3.8) is 0 Å². The smallest absolute Gasteiger partial charge is 0.324 e. The van der Waals surface area contributed by atoms with Gasteiger partial charge in [0, 0.05) is 5.54 Å². The summed E-state index contributed by atoms with van der Waals surface area (Å²) >= 11 is 0. The van der Waals surface area contributed by atoms with E-state index in [0.717, 1.165) is 13.1 Å². The van der Waals surface area contributed by atoms with Gasteiger partial charge in [0.15, 0.2) is 0 Å². The summed E-state index contributed by atoms with van der Waals surface area (Å²) in [5.41, 5.74) is 5.64. The van der Waals surface area contributed by atoms with Crippen molar-refractivity contribution in [2.45, 2.75) is 45.2 Å². The molecule has 0 aliphatic carbocycles. The number of carbonyl (C=O) groups is 1. The molecule has 0 aromatic rings. The molecule has 1 rings (SSSR count). The van der Waals surface area contributed by atoms with E-state index in [1.807, 2.05) is 13.8 Å². The second-order valence-electron chi connectivity index (χ2n) is 4.58. The van der Waals surface area contributed by atoms with Gasteiger partial charge in [0.05, 0.1) is 6.61 Å². The van der Waals surface area contributed by atoms with Crippen molar-refractivity contribution in [2.75, 3.05) is 19.7 Å². The Balaban J connectivity index is 2.62. The molecule has 88 valence electrons. The zero-order valence-corrected chi connectivity index (χ0v) is 9.95. The first kappa shape index (κ1) is 12.5. The molecule has 4 nitrogen and oxygen atoms in total. The van der Waals surface area contributed by atoms with E-state index in [4.69, 9.17) is 10.5 Å². The van der Waals surface area contributed by atoms with Gasteiger partial charge in [-0.1, -0.05) is 0 Å². The van der Waals surface area contributed by atoms with Gasteiger partial charge in [0.25, 0.3) is 0 Å². The Bertz CT molecular complexity index is 223. The van der Waals surface area contributed by atoms with Gasteiger partial charge in [-0.2, -0.15) is 0 Å². The number of carbonyl (C=O) groups excluding carboxylic acids is 1. The Labute approximate surface area is 91.8 Å². The highest BCUT2D eigenvalue weighted by Crippen LogP contribution is 2.23. The van der Waals surface area contributed by atoms with Crippen LogP contribution >= 0.6 is 0 Å². The molecule has 0 spiro atoms. The van der Waals surface area contributed by atoms with Crippen molar-refractivity contribution < 1.29 is 9.53 Å². The summed E-state index contributed by atoms with van der Waals surface area (Å²) in [6.45, 7) is 8.27. The lowest BCUT2D eigenvalue weighted by Crippen LogP contribution is -2.58. The van der Waals surface area contributed by atoms with Crippen LogP contribution < -0.4 is 5.73 Å². The van der Waals surface area contributed by atoms with E-state index in [9.17, 15) is 4.79 Å². The Morgan fingerprint density at radius 1 is 1.47 bits per heavy atom. The minimum atomic E-state index is -0.560. The molecule has 1 atom stereocenters. The predicted molar refractivity (Wildman–Crippen MR) is 59.5 cm³/mol. The van der Waals surface area contributed by atoms with Crippen LogP contribution in [0.5, 0.6) is 0 Å². The van der Waals surface area contributed by atoms with Crippen molar-refractivity contribution in [2.24, 2.45) is 5.73 Å². The van der Waals surface area contributed by atoms with E-state index in [1.54, 1.807) is 6.92 Å². The number of likely N-dealkylation sites (tertiary alicyclic amines) is 1. The van der Waals surface area contributed by atoms with Gasteiger partial charge < -0.3 is 10.5 Å². The normalized spacial score (nSPS) is 20.3. The van der Waals surface area contributed by atoms with Gasteiger partial charge in [-0.25, -0.2) is 0 Å². The standard InChI is InChI=1S/C11H22N2O2/c1-4-15-10(14)9(12)11(2,3)13-7-5-6-8-13/h9H,4-8,12H2,1-3H3/t9-/m1/s1. The molecule has 0 radical (unpaired) electrons. The summed E-state index contributed by atoms with van der Waals surface area (Å²) in [5, 5.41) is 0. The van der Waals surface area contributed by atoms with Gasteiger partial charge in [0.1, 0.15) is 6.04 Å². The van der Waals surface area contributed by atoms with E-state index in [2.05, 4.69) is 4.90 Å². The van der Waals surface area contributed by atoms with Crippen LogP contribution in [0.2, 0.25) is 0 Å². The lowest BCUT2D eigenvalue weighted by atomic mass is 9.93. The third-order valence-corrected chi connectivity index (χ3v) is 3.22. The van der Waals surface area contributed by atoms with E-state index in [0.29, 0.717) is 6.61 Å². The molecule has 0 aromatic heterocycles. The monoisotopic (exact) mass is 214 g/mol. The van der Waals surface area contributed by atoms with Crippen molar-refractivity contribution in [1.29, 1.82) is 0 Å². The summed E-state index contributed by atoms with van der Waals surface area (Å²) in [4.78, 5) is 13.8. The van der Waals surface area contributed by atoms with Crippen LogP contribution in [0.1, 0.15) is 33.6 Å². The average Bonchev–Trinajstić information content (AvgIpc) is 2.70. The Morgan fingerprint density at radius 2 is 2.00 bits per heavy atom. The molecule has 0 amide bonds. The van der Waals surface area contributed by atoms with Crippen LogP contribution in [0.3, 0.4) is 0 Å². The number of hydrogen-bond acceptors (Lipinski definition) is 4. The van der Waals surface area contributed by atoms with Gasteiger partial charge in [-0.3, -0.25) is 9.69 Å². The highest BCUT2D eigenvalue weighted by atomic mass is 16.5. The summed E-state index contributed by atoms with van der Waals surface area (Å²) in [6, 6.07) is -0.560. The van der Waals surface area contributed by atoms with Crippen molar-refractivity contribution >= 4 is 5.97 Å². The molecule has 1 fully saturated rings. The summed E-state index contributed by atoms with van der Waals surface area (Å²) in [6.07, 6.45) is 2.39.